The maximum Gasteiger partial charge on any atom is 0.311 e. The number of hydrogen-bond acceptors (Lipinski definition) is 7. The van der Waals surface area contributed by atoms with Gasteiger partial charge in [-0.1, -0.05) is 0 Å². The van der Waals surface area contributed by atoms with E-state index in [9.17, 15) is 9.18 Å². The maximum absolute atomic E-state index is 12.6. The summed E-state index contributed by atoms with van der Waals surface area (Å²) in [6, 6.07) is 0. The number of nitrogens with one attached hydrogen (secondary N) is 1. The first-order chi connectivity index (χ1) is 9.17. The van der Waals surface area contributed by atoms with Crippen LogP contribution in [0, 0.1) is 5.82 Å². The molecule has 0 aliphatic rings. The third kappa shape index (κ3) is 3.95. The molecule has 0 saturated carbocycles. The van der Waals surface area contributed by atoms with Crippen LogP contribution in [-0.4, -0.2) is 27.5 Å². The molecule has 2 heterocycles. The van der Waals surface area contributed by atoms with Crippen molar-refractivity contribution in [2.45, 2.75) is 13.3 Å². The zero-order valence-electron chi connectivity index (χ0n) is 10.1. The minimum absolute atomic E-state index is 0.121. The number of hydrogen-bond donors (Lipinski definition) is 1. The predicted molar refractivity (Wildman–Crippen MR) is 67.7 cm³/mol. The van der Waals surface area contributed by atoms with E-state index in [1.807, 2.05) is 0 Å². The number of aromatic nitrogens is 3. The summed E-state index contributed by atoms with van der Waals surface area (Å²) in [6.45, 7) is 2.09. The number of thiazole rings is 1. The van der Waals surface area contributed by atoms with Gasteiger partial charge in [-0.25, -0.2) is 19.3 Å². The molecule has 8 heteroatoms. The van der Waals surface area contributed by atoms with E-state index in [2.05, 4.69) is 20.3 Å². The van der Waals surface area contributed by atoms with E-state index in [-0.39, 0.29) is 18.3 Å². The standard InChI is InChI=1S/C11H11FN4O2S/c1-2-18-9(17)3-8-6-19-11(15-8)16-10-13-4-7(12)5-14-10/h4-6H,2-3H2,1H3,(H,13,14,15,16). The van der Waals surface area contributed by atoms with Crippen molar-refractivity contribution < 1.29 is 13.9 Å². The van der Waals surface area contributed by atoms with Crippen molar-refractivity contribution in [1.29, 1.82) is 0 Å². The van der Waals surface area contributed by atoms with Crippen LogP contribution in [0.2, 0.25) is 0 Å². The molecule has 2 aromatic heterocycles. The number of anilines is 2. The van der Waals surface area contributed by atoms with Crippen LogP contribution >= 0.6 is 11.3 Å². The fourth-order valence-corrected chi connectivity index (χ4v) is 1.98. The summed E-state index contributed by atoms with van der Waals surface area (Å²) in [5.41, 5.74) is 0.605. The van der Waals surface area contributed by atoms with Crippen LogP contribution in [0.25, 0.3) is 0 Å². The van der Waals surface area contributed by atoms with Crippen LogP contribution in [-0.2, 0) is 16.0 Å². The van der Waals surface area contributed by atoms with Crippen LogP contribution in [0.4, 0.5) is 15.5 Å². The quantitative estimate of drug-likeness (QED) is 0.844. The second kappa shape index (κ2) is 6.19. The van der Waals surface area contributed by atoms with E-state index in [0.29, 0.717) is 17.4 Å². The molecule has 0 spiro atoms. The Morgan fingerprint density at radius 2 is 2.21 bits per heavy atom. The number of carbonyl (C=O) groups excluding carboxylic acids is 1. The molecule has 0 bridgehead atoms. The van der Waals surface area contributed by atoms with Gasteiger partial charge in [0.1, 0.15) is 0 Å². The van der Waals surface area contributed by atoms with Gasteiger partial charge in [0, 0.05) is 5.38 Å². The highest BCUT2D eigenvalue weighted by Crippen LogP contribution is 2.19. The third-order valence-electron chi connectivity index (χ3n) is 2.02. The molecule has 2 rings (SSSR count). The maximum atomic E-state index is 12.6. The van der Waals surface area contributed by atoms with E-state index >= 15 is 0 Å². The van der Waals surface area contributed by atoms with Gasteiger partial charge < -0.3 is 10.1 Å². The van der Waals surface area contributed by atoms with Crippen LogP contribution < -0.4 is 5.32 Å². The summed E-state index contributed by atoms with van der Waals surface area (Å²) in [4.78, 5) is 23.0. The van der Waals surface area contributed by atoms with Gasteiger partial charge in [-0.3, -0.25) is 4.79 Å². The van der Waals surface area contributed by atoms with Crippen molar-refractivity contribution in [2.75, 3.05) is 11.9 Å². The molecule has 100 valence electrons. The Balaban J connectivity index is 1.97. The minimum Gasteiger partial charge on any atom is -0.466 e. The van der Waals surface area contributed by atoms with Crippen LogP contribution in [0.3, 0.4) is 0 Å². The van der Waals surface area contributed by atoms with Gasteiger partial charge in [-0.05, 0) is 6.92 Å². The Labute approximate surface area is 112 Å². The second-order valence-corrected chi connectivity index (χ2v) is 4.33. The summed E-state index contributed by atoms with van der Waals surface area (Å²) in [7, 11) is 0. The normalized spacial score (nSPS) is 10.2. The number of esters is 1. The average molecular weight is 282 g/mol. The Kier molecular flexibility index (Phi) is 4.35. The van der Waals surface area contributed by atoms with Gasteiger partial charge in [0.2, 0.25) is 5.95 Å². The lowest BCUT2D eigenvalue weighted by atomic mass is 10.3. The Morgan fingerprint density at radius 1 is 1.47 bits per heavy atom. The molecule has 0 aliphatic carbocycles. The molecule has 0 unspecified atom stereocenters. The summed E-state index contributed by atoms with van der Waals surface area (Å²) < 4.78 is 17.5. The molecule has 6 nitrogen and oxygen atoms in total. The van der Waals surface area contributed by atoms with Gasteiger partial charge in [0.15, 0.2) is 10.9 Å². The van der Waals surface area contributed by atoms with Crippen molar-refractivity contribution >= 4 is 28.4 Å². The number of rotatable bonds is 5. The largest absolute Gasteiger partial charge is 0.466 e. The second-order valence-electron chi connectivity index (χ2n) is 3.48. The van der Waals surface area contributed by atoms with Gasteiger partial charge in [0.25, 0.3) is 0 Å². The highest BCUT2D eigenvalue weighted by molar-refractivity contribution is 7.13. The first-order valence-corrected chi connectivity index (χ1v) is 6.40. The molecule has 1 N–H and O–H groups in total. The summed E-state index contributed by atoms with van der Waals surface area (Å²) in [5.74, 6) is -0.580. The van der Waals surface area contributed by atoms with Crippen LogP contribution in [0.1, 0.15) is 12.6 Å². The van der Waals surface area contributed by atoms with Gasteiger partial charge in [-0.2, -0.15) is 0 Å². The van der Waals surface area contributed by atoms with E-state index in [1.54, 1.807) is 12.3 Å². The van der Waals surface area contributed by atoms with E-state index in [4.69, 9.17) is 4.74 Å². The summed E-state index contributed by atoms with van der Waals surface area (Å²) in [6.07, 6.45) is 2.24. The topological polar surface area (TPSA) is 77.0 Å². The Hall–Kier alpha value is -2.09. The van der Waals surface area contributed by atoms with E-state index in [1.165, 1.54) is 11.3 Å². The molecular weight excluding hydrogens is 271 g/mol. The SMILES string of the molecule is CCOC(=O)Cc1csc(Nc2ncc(F)cn2)n1. The lowest BCUT2D eigenvalue weighted by Gasteiger charge is -1.99. The molecule has 0 aliphatic heterocycles. The highest BCUT2D eigenvalue weighted by Gasteiger charge is 2.09. The molecule has 2 aromatic rings. The number of nitrogens with zero attached hydrogens (tertiary/aromatic N) is 3. The fourth-order valence-electron chi connectivity index (χ4n) is 1.28. The van der Waals surface area contributed by atoms with Crippen molar-refractivity contribution in [3.63, 3.8) is 0 Å². The minimum atomic E-state index is -0.507. The van der Waals surface area contributed by atoms with Crippen LogP contribution in [0.15, 0.2) is 17.8 Å². The first kappa shape index (κ1) is 13.3. The monoisotopic (exact) mass is 282 g/mol. The lowest BCUT2D eigenvalue weighted by Crippen LogP contribution is -2.07. The van der Waals surface area contributed by atoms with Crippen molar-refractivity contribution in [3.05, 3.63) is 29.3 Å². The average Bonchev–Trinajstić information content (AvgIpc) is 2.80. The van der Waals surface area contributed by atoms with Gasteiger partial charge >= 0.3 is 5.97 Å². The summed E-state index contributed by atoms with van der Waals surface area (Å²) >= 11 is 1.30. The molecular formula is C11H11FN4O2S. The van der Waals surface area contributed by atoms with Crippen molar-refractivity contribution in [3.8, 4) is 0 Å². The van der Waals surface area contributed by atoms with Crippen molar-refractivity contribution in [1.82, 2.24) is 15.0 Å². The first-order valence-electron chi connectivity index (χ1n) is 5.52. The molecule has 0 atom stereocenters. The molecule has 0 radical (unpaired) electrons. The zero-order valence-corrected chi connectivity index (χ0v) is 10.9. The Bertz CT molecular complexity index is 558. The number of halogens is 1. The lowest BCUT2D eigenvalue weighted by molar-refractivity contribution is -0.142. The number of ether oxygens (including phenoxy) is 1. The van der Waals surface area contributed by atoms with Gasteiger partial charge in [-0.15, -0.1) is 11.3 Å². The van der Waals surface area contributed by atoms with E-state index in [0.717, 1.165) is 12.4 Å². The molecule has 0 fully saturated rings. The smallest absolute Gasteiger partial charge is 0.311 e. The highest BCUT2D eigenvalue weighted by atomic mass is 32.1. The predicted octanol–water partition coefficient (Wildman–Crippen LogP) is 1.92. The molecule has 0 saturated heterocycles. The molecule has 0 aromatic carbocycles. The van der Waals surface area contributed by atoms with Gasteiger partial charge in [0.05, 0.1) is 31.1 Å². The summed E-state index contributed by atoms with van der Waals surface area (Å²) in [5, 5.41) is 5.10. The molecule has 0 amide bonds. The van der Waals surface area contributed by atoms with Crippen molar-refractivity contribution in [2.24, 2.45) is 0 Å². The fraction of sp³-hybridized carbons (Fsp3) is 0.273. The third-order valence-corrected chi connectivity index (χ3v) is 2.83. The molecule has 19 heavy (non-hydrogen) atoms. The Morgan fingerprint density at radius 3 is 2.89 bits per heavy atom. The van der Waals surface area contributed by atoms with E-state index < -0.39 is 5.82 Å². The zero-order chi connectivity index (χ0) is 13.7. The number of carbonyl (C=O) groups is 1. The van der Waals surface area contributed by atoms with Crippen LogP contribution in [0.5, 0.6) is 0 Å².